The average molecular weight is 314 g/mol. The van der Waals surface area contributed by atoms with Gasteiger partial charge in [-0.2, -0.15) is 0 Å². The number of fused-ring (bicyclic) bond motifs is 2. The molecule has 0 spiro atoms. The van der Waals surface area contributed by atoms with Crippen molar-refractivity contribution >= 4 is 0 Å². The number of rotatable bonds is 3. The Balaban J connectivity index is 1.45. The van der Waals surface area contributed by atoms with Crippen molar-refractivity contribution < 1.29 is 9.47 Å². The summed E-state index contributed by atoms with van der Waals surface area (Å²) in [7, 11) is 0. The number of nitrogens with zero attached hydrogens (tertiary/aromatic N) is 3. The third kappa shape index (κ3) is 2.91. The third-order valence-electron chi connectivity index (χ3n) is 4.57. The number of ether oxygens (including phenoxy) is 2. The Bertz CT molecular complexity index is 698. The van der Waals surface area contributed by atoms with Crippen LogP contribution in [0.5, 0.6) is 11.5 Å². The minimum Gasteiger partial charge on any atom is -0.490 e. The van der Waals surface area contributed by atoms with Crippen LogP contribution in [0.15, 0.2) is 18.2 Å². The molecule has 6 heteroatoms. The smallest absolute Gasteiger partial charge is 0.165 e. The van der Waals surface area contributed by atoms with Crippen molar-refractivity contribution in [3.63, 3.8) is 0 Å². The predicted molar refractivity (Wildman–Crippen MR) is 85.8 cm³/mol. The Kier molecular flexibility index (Phi) is 3.91. The van der Waals surface area contributed by atoms with Crippen molar-refractivity contribution in [3.8, 4) is 11.5 Å². The molecule has 122 valence electrons. The molecule has 4 rings (SSSR count). The van der Waals surface area contributed by atoms with Gasteiger partial charge in [0.2, 0.25) is 0 Å². The maximum absolute atomic E-state index is 5.89. The third-order valence-corrected chi connectivity index (χ3v) is 4.57. The first-order valence-corrected chi connectivity index (χ1v) is 8.31. The lowest BCUT2D eigenvalue weighted by atomic mass is 10.1. The minimum absolute atomic E-state index is 0.430. The topological polar surface area (TPSA) is 61.2 Å². The summed E-state index contributed by atoms with van der Waals surface area (Å²) in [5.41, 5.74) is 1.16. The van der Waals surface area contributed by atoms with Gasteiger partial charge in [0.1, 0.15) is 11.6 Å². The quantitative estimate of drug-likeness (QED) is 0.937. The maximum Gasteiger partial charge on any atom is 0.165 e. The zero-order valence-electron chi connectivity index (χ0n) is 13.4. The number of hydrogen-bond donors (Lipinski definition) is 1. The summed E-state index contributed by atoms with van der Waals surface area (Å²) in [5, 5.41) is 12.0. The molecule has 3 heterocycles. The van der Waals surface area contributed by atoms with Gasteiger partial charge >= 0.3 is 0 Å². The normalized spacial score (nSPS) is 20.0. The summed E-state index contributed by atoms with van der Waals surface area (Å²) < 4.78 is 13.9. The maximum atomic E-state index is 5.89. The molecule has 2 aromatic rings. The minimum atomic E-state index is 0.430. The van der Waals surface area contributed by atoms with Gasteiger partial charge in [0.05, 0.1) is 13.2 Å². The summed E-state index contributed by atoms with van der Waals surface area (Å²) >= 11 is 0. The fourth-order valence-corrected chi connectivity index (χ4v) is 3.28. The number of para-hydroxylation sites is 1. The molecule has 2 aliphatic heterocycles. The fraction of sp³-hybridized carbons (Fsp3) is 0.529. The molecule has 0 aliphatic carbocycles. The van der Waals surface area contributed by atoms with E-state index in [1.165, 1.54) is 0 Å². The first kappa shape index (κ1) is 14.5. The summed E-state index contributed by atoms with van der Waals surface area (Å²) in [6.07, 6.45) is 3.00. The van der Waals surface area contributed by atoms with E-state index in [0.29, 0.717) is 6.04 Å². The second-order valence-corrected chi connectivity index (χ2v) is 6.19. The Morgan fingerprint density at radius 3 is 3.13 bits per heavy atom. The fourth-order valence-electron chi connectivity index (χ4n) is 3.28. The summed E-state index contributed by atoms with van der Waals surface area (Å²) in [5.74, 6) is 3.86. The van der Waals surface area contributed by atoms with Crippen molar-refractivity contribution in [3.05, 3.63) is 35.4 Å². The molecule has 0 bridgehead atoms. The van der Waals surface area contributed by atoms with E-state index in [1.54, 1.807) is 0 Å². The van der Waals surface area contributed by atoms with E-state index in [-0.39, 0.29) is 0 Å². The molecule has 1 aromatic heterocycles. The van der Waals surface area contributed by atoms with E-state index in [4.69, 9.17) is 9.47 Å². The molecule has 0 radical (unpaired) electrons. The SMILES string of the molecule is Cc1nnc2n1CC(NCc1cccc3c1OCCCO3)CC2. The number of nitrogens with one attached hydrogen (secondary N) is 1. The second kappa shape index (κ2) is 6.20. The van der Waals surface area contributed by atoms with Crippen molar-refractivity contribution in [2.45, 2.75) is 45.3 Å². The largest absolute Gasteiger partial charge is 0.490 e. The van der Waals surface area contributed by atoms with Crippen molar-refractivity contribution in [1.29, 1.82) is 0 Å². The summed E-state index contributed by atoms with van der Waals surface area (Å²) in [6, 6.07) is 6.56. The van der Waals surface area contributed by atoms with Crippen LogP contribution < -0.4 is 14.8 Å². The molecular weight excluding hydrogens is 292 g/mol. The number of aromatic nitrogens is 3. The highest BCUT2D eigenvalue weighted by atomic mass is 16.5. The molecule has 0 saturated carbocycles. The highest BCUT2D eigenvalue weighted by molar-refractivity contribution is 5.47. The predicted octanol–water partition coefficient (Wildman–Crippen LogP) is 1.85. The molecule has 23 heavy (non-hydrogen) atoms. The lowest BCUT2D eigenvalue weighted by Gasteiger charge is -2.25. The van der Waals surface area contributed by atoms with Crippen LogP contribution in [0.1, 0.15) is 30.1 Å². The van der Waals surface area contributed by atoms with Gasteiger partial charge in [-0.25, -0.2) is 0 Å². The Morgan fingerprint density at radius 1 is 1.26 bits per heavy atom. The van der Waals surface area contributed by atoms with Crippen molar-refractivity contribution in [2.24, 2.45) is 0 Å². The van der Waals surface area contributed by atoms with Crippen LogP contribution in [0.2, 0.25) is 0 Å². The van der Waals surface area contributed by atoms with Crippen LogP contribution in [0.4, 0.5) is 0 Å². The Morgan fingerprint density at radius 2 is 2.17 bits per heavy atom. The van der Waals surface area contributed by atoms with Crippen molar-refractivity contribution in [1.82, 2.24) is 20.1 Å². The summed E-state index contributed by atoms with van der Waals surface area (Å²) in [6.45, 7) is 5.17. The van der Waals surface area contributed by atoms with Gasteiger partial charge in [0.25, 0.3) is 0 Å². The zero-order chi connectivity index (χ0) is 15.6. The summed E-state index contributed by atoms with van der Waals surface area (Å²) in [4.78, 5) is 0. The van der Waals surface area contributed by atoms with E-state index in [2.05, 4.69) is 26.1 Å². The van der Waals surface area contributed by atoms with Crippen molar-refractivity contribution in [2.75, 3.05) is 13.2 Å². The lowest BCUT2D eigenvalue weighted by Crippen LogP contribution is -2.37. The second-order valence-electron chi connectivity index (χ2n) is 6.19. The standard InChI is InChI=1S/C17H22N4O2/c1-12-19-20-16-7-6-14(11-21(12)16)18-10-13-4-2-5-15-17(13)23-9-3-8-22-15/h2,4-5,14,18H,3,6-11H2,1H3. The van der Waals surface area contributed by atoms with E-state index >= 15 is 0 Å². The molecular formula is C17H22N4O2. The molecule has 6 nitrogen and oxygen atoms in total. The van der Waals surface area contributed by atoms with E-state index < -0.39 is 0 Å². The van der Waals surface area contributed by atoms with Crippen LogP contribution in [0.25, 0.3) is 0 Å². The van der Waals surface area contributed by atoms with Gasteiger partial charge in [0, 0.05) is 37.5 Å². The molecule has 1 unspecified atom stereocenters. The molecule has 1 aromatic carbocycles. The monoisotopic (exact) mass is 314 g/mol. The van der Waals surface area contributed by atoms with Crippen LogP contribution in [0.3, 0.4) is 0 Å². The van der Waals surface area contributed by atoms with Crippen LogP contribution >= 0.6 is 0 Å². The first-order chi connectivity index (χ1) is 11.3. The number of benzene rings is 1. The average Bonchev–Trinajstić information content (AvgIpc) is 2.80. The molecule has 1 N–H and O–H groups in total. The molecule has 1 atom stereocenters. The Hall–Kier alpha value is -2.08. The van der Waals surface area contributed by atoms with Crippen LogP contribution in [-0.2, 0) is 19.5 Å². The highest BCUT2D eigenvalue weighted by Gasteiger charge is 2.22. The van der Waals surface area contributed by atoms with Gasteiger partial charge in [-0.3, -0.25) is 0 Å². The molecule has 0 amide bonds. The first-order valence-electron chi connectivity index (χ1n) is 8.31. The molecule has 0 fully saturated rings. The van der Waals surface area contributed by atoms with Crippen LogP contribution in [0, 0.1) is 6.92 Å². The Labute approximate surface area is 135 Å². The highest BCUT2D eigenvalue weighted by Crippen LogP contribution is 2.33. The van der Waals surface area contributed by atoms with Gasteiger partial charge < -0.3 is 19.4 Å². The van der Waals surface area contributed by atoms with E-state index in [1.807, 2.05) is 19.1 Å². The van der Waals surface area contributed by atoms with Gasteiger partial charge in [-0.05, 0) is 19.4 Å². The molecule has 0 saturated heterocycles. The number of aryl methyl sites for hydroxylation is 2. The van der Waals surface area contributed by atoms with Crippen LogP contribution in [-0.4, -0.2) is 34.0 Å². The van der Waals surface area contributed by atoms with Gasteiger partial charge in [-0.15, -0.1) is 10.2 Å². The zero-order valence-corrected chi connectivity index (χ0v) is 13.4. The number of hydrogen-bond acceptors (Lipinski definition) is 5. The van der Waals surface area contributed by atoms with E-state index in [9.17, 15) is 0 Å². The lowest BCUT2D eigenvalue weighted by molar-refractivity contribution is 0.295. The van der Waals surface area contributed by atoms with E-state index in [0.717, 1.165) is 74.3 Å². The molecule has 2 aliphatic rings. The van der Waals surface area contributed by atoms with Gasteiger partial charge in [-0.1, -0.05) is 12.1 Å². The van der Waals surface area contributed by atoms with Gasteiger partial charge in [0.15, 0.2) is 11.5 Å².